The first-order valence-electron chi connectivity index (χ1n) is 4.25. The second-order valence-corrected chi connectivity index (χ2v) is 4.51. The van der Waals surface area contributed by atoms with Crippen LogP contribution in [0.4, 0.5) is 0 Å². The largest absolute Gasteiger partial charge is 0.437 e. The molecule has 6 heteroatoms. The maximum absolute atomic E-state index is 5.95. The molecule has 1 aromatic heterocycles. The molecule has 1 aromatic carbocycles. The van der Waals surface area contributed by atoms with Gasteiger partial charge in [0.25, 0.3) is 0 Å². The van der Waals surface area contributed by atoms with Gasteiger partial charge in [0.1, 0.15) is 16.7 Å². The van der Waals surface area contributed by atoms with E-state index in [2.05, 4.69) is 25.9 Å². The first-order valence-corrected chi connectivity index (χ1v) is 5.80. The first kappa shape index (κ1) is 11.6. The van der Waals surface area contributed by atoms with Gasteiger partial charge in [-0.1, -0.05) is 23.2 Å². The smallest absolute Gasteiger partial charge is 0.223 e. The topological polar surface area (TPSA) is 35.0 Å². The highest BCUT2D eigenvalue weighted by molar-refractivity contribution is 9.10. The summed E-state index contributed by atoms with van der Waals surface area (Å²) in [5.74, 6) is 0.905. The van der Waals surface area contributed by atoms with Crippen LogP contribution in [0.3, 0.4) is 0 Å². The summed E-state index contributed by atoms with van der Waals surface area (Å²) in [5, 5.41) is 0.989. The van der Waals surface area contributed by atoms with E-state index in [0.717, 1.165) is 0 Å². The Labute approximate surface area is 111 Å². The summed E-state index contributed by atoms with van der Waals surface area (Å²) in [6, 6.07) is 6.62. The van der Waals surface area contributed by atoms with Crippen molar-refractivity contribution in [3.8, 4) is 11.6 Å². The molecule has 0 amide bonds. The Morgan fingerprint density at radius 1 is 1.12 bits per heavy atom. The van der Waals surface area contributed by atoms with Crippen LogP contribution in [-0.4, -0.2) is 9.97 Å². The van der Waals surface area contributed by atoms with Gasteiger partial charge in [-0.25, -0.2) is 9.97 Å². The van der Waals surface area contributed by atoms with Crippen molar-refractivity contribution in [2.24, 2.45) is 0 Å². The van der Waals surface area contributed by atoms with Gasteiger partial charge >= 0.3 is 0 Å². The van der Waals surface area contributed by atoms with Crippen molar-refractivity contribution in [1.82, 2.24) is 9.97 Å². The van der Waals surface area contributed by atoms with Crippen molar-refractivity contribution >= 4 is 39.1 Å². The minimum Gasteiger partial charge on any atom is -0.437 e. The Morgan fingerprint density at radius 3 is 2.62 bits per heavy atom. The molecule has 82 valence electrons. The lowest BCUT2D eigenvalue weighted by Crippen LogP contribution is -1.89. The average Bonchev–Trinajstić information content (AvgIpc) is 2.22. The molecule has 0 aliphatic heterocycles. The summed E-state index contributed by atoms with van der Waals surface area (Å²) in [6.45, 7) is 0. The van der Waals surface area contributed by atoms with Crippen LogP contribution in [0.15, 0.2) is 35.2 Å². The van der Waals surface area contributed by atoms with Gasteiger partial charge in [0.2, 0.25) is 5.88 Å². The van der Waals surface area contributed by atoms with E-state index in [1.54, 1.807) is 24.3 Å². The van der Waals surface area contributed by atoms with Crippen LogP contribution in [0.5, 0.6) is 11.6 Å². The predicted molar refractivity (Wildman–Crippen MR) is 66.3 cm³/mol. The molecule has 2 aromatic rings. The summed E-state index contributed by atoms with van der Waals surface area (Å²) < 4.78 is 6.11. The second kappa shape index (κ2) is 4.99. The number of hydrogen-bond acceptors (Lipinski definition) is 3. The van der Waals surface area contributed by atoms with E-state index in [1.165, 1.54) is 6.33 Å². The normalized spacial score (nSPS) is 10.2. The molecule has 0 unspecified atom stereocenters. The summed E-state index contributed by atoms with van der Waals surface area (Å²) in [5.41, 5.74) is 0. The minimum atomic E-state index is 0.408. The Kier molecular flexibility index (Phi) is 3.63. The molecular formula is C10H5BrCl2N2O. The quantitative estimate of drug-likeness (QED) is 0.772. The molecule has 1 heterocycles. The molecule has 0 spiro atoms. The number of nitrogens with zero attached hydrogens (tertiary/aromatic N) is 2. The minimum absolute atomic E-state index is 0.408. The third-order valence-electron chi connectivity index (χ3n) is 1.72. The van der Waals surface area contributed by atoms with E-state index < -0.39 is 0 Å². The number of ether oxygens (including phenoxy) is 1. The standard InChI is InChI=1S/C10H5BrCl2N2O/c11-9-4-10(15-5-14-9)16-8-2-1-6(12)3-7(8)13/h1-5H. The highest BCUT2D eigenvalue weighted by Gasteiger charge is 2.05. The molecular weight excluding hydrogens is 315 g/mol. The summed E-state index contributed by atoms with van der Waals surface area (Å²) in [7, 11) is 0. The first-order chi connectivity index (χ1) is 7.65. The van der Waals surface area contributed by atoms with E-state index in [0.29, 0.717) is 26.3 Å². The summed E-state index contributed by atoms with van der Waals surface area (Å²) in [4.78, 5) is 7.83. The van der Waals surface area contributed by atoms with Gasteiger partial charge in [0.15, 0.2) is 0 Å². The van der Waals surface area contributed by atoms with Gasteiger partial charge in [0.05, 0.1) is 5.02 Å². The summed E-state index contributed by atoms with van der Waals surface area (Å²) in [6.07, 6.45) is 1.39. The Hall–Kier alpha value is -0.840. The molecule has 0 fully saturated rings. The van der Waals surface area contributed by atoms with Crippen molar-refractivity contribution in [2.75, 3.05) is 0 Å². The van der Waals surface area contributed by atoms with Crippen molar-refractivity contribution in [2.45, 2.75) is 0 Å². The third kappa shape index (κ3) is 2.84. The molecule has 0 saturated heterocycles. The van der Waals surface area contributed by atoms with E-state index in [9.17, 15) is 0 Å². The van der Waals surface area contributed by atoms with Crippen molar-refractivity contribution < 1.29 is 4.74 Å². The lowest BCUT2D eigenvalue weighted by Gasteiger charge is -2.06. The Morgan fingerprint density at radius 2 is 1.94 bits per heavy atom. The van der Waals surface area contributed by atoms with E-state index in [4.69, 9.17) is 27.9 Å². The van der Waals surface area contributed by atoms with Gasteiger partial charge in [-0.2, -0.15) is 0 Å². The molecule has 0 radical (unpaired) electrons. The molecule has 3 nitrogen and oxygen atoms in total. The Bertz CT molecular complexity index is 522. The maximum atomic E-state index is 5.95. The van der Waals surface area contributed by atoms with E-state index >= 15 is 0 Å². The highest BCUT2D eigenvalue weighted by atomic mass is 79.9. The van der Waals surface area contributed by atoms with Crippen LogP contribution in [0.1, 0.15) is 0 Å². The zero-order valence-corrected chi connectivity index (χ0v) is 10.9. The van der Waals surface area contributed by atoms with Gasteiger partial charge in [0, 0.05) is 11.1 Å². The molecule has 0 N–H and O–H groups in total. The van der Waals surface area contributed by atoms with Gasteiger partial charge in [-0.3, -0.25) is 0 Å². The molecule has 16 heavy (non-hydrogen) atoms. The van der Waals surface area contributed by atoms with Crippen LogP contribution in [0.2, 0.25) is 10.0 Å². The lowest BCUT2D eigenvalue weighted by atomic mass is 10.3. The van der Waals surface area contributed by atoms with E-state index in [1.807, 2.05) is 0 Å². The van der Waals surface area contributed by atoms with Crippen molar-refractivity contribution in [3.05, 3.63) is 45.2 Å². The molecule has 0 atom stereocenters. The van der Waals surface area contributed by atoms with Crippen LogP contribution < -0.4 is 4.74 Å². The fourth-order valence-corrected chi connectivity index (χ4v) is 1.78. The van der Waals surface area contributed by atoms with Crippen LogP contribution in [0.25, 0.3) is 0 Å². The zero-order chi connectivity index (χ0) is 11.5. The van der Waals surface area contributed by atoms with E-state index in [-0.39, 0.29) is 0 Å². The number of halogens is 3. The fraction of sp³-hybridized carbons (Fsp3) is 0. The van der Waals surface area contributed by atoms with Crippen LogP contribution in [-0.2, 0) is 0 Å². The number of benzene rings is 1. The predicted octanol–water partition coefficient (Wildman–Crippen LogP) is 4.34. The van der Waals surface area contributed by atoms with Crippen molar-refractivity contribution in [3.63, 3.8) is 0 Å². The van der Waals surface area contributed by atoms with Crippen LogP contribution >= 0.6 is 39.1 Å². The molecule has 0 saturated carbocycles. The zero-order valence-electron chi connectivity index (χ0n) is 7.82. The van der Waals surface area contributed by atoms with Gasteiger partial charge in [-0.15, -0.1) is 0 Å². The van der Waals surface area contributed by atoms with Gasteiger partial charge in [-0.05, 0) is 34.1 Å². The average molecular weight is 320 g/mol. The molecule has 0 aliphatic carbocycles. The fourth-order valence-electron chi connectivity index (χ4n) is 1.04. The molecule has 2 rings (SSSR count). The monoisotopic (exact) mass is 318 g/mol. The lowest BCUT2D eigenvalue weighted by molar-refractivity contribution is 0.461. The number of aromatic nitrogens is 2. The third-order valence-corrected chi connectivity index (χ3v) is 2.68. The highest BCUT2D eigenvalue weighted by Crippen LogP contribution is 2.30. The number of rotatable bonds is 2. The maximum Gasteiger partial charge on any atom is 0.223 e. The SMILES string of the molecule is Clc1ccc(Oc2cc(Br)ncn2)c(Cl)c1. The van der Waals surface area contributed by atoms with Gasteiger partial charge < -0.3 is 4.74 Å². The van der Waals surface area contributed by atoms with Crippen LogP contribution in [0, 0.1) is 0 Å². The van der Waals surface area contributed by atoms with Crippen molar-refractivity contribution in [1.29, 1.82) is 0 Å². The molecule has 0 bridgehead atoms. The summed E-state index contributed by atoms with van der Waals surface area (Å²) >= 11 is 14.9. The number of hydrogen-bond donors (Lipinski definition) is 0. The molecule has 0 aliphatic rings. The second-order valence-electron chi connectivity index (χ2n) is 2.86. The Balaban J connectivity index is 2.27.